The van der Waals surface area contributed by atoms with Gasteiger partial charge in [0.15, 0.2) is 18.9 Å². The SMILES string of the molecule is c1ccc(C2OC[C@@H]3OC(c4ccccc4)O[C@H](CO2)[C@H]2OC(c4ccccc4)O[C@@H]23)cc1. The Morgan fingerprint density at radius 2 is 0.788 bits per heavy atom. The molecule has 3 aromatic carbocycles. The van der Waals surface area contributed by atoms with E-state index >= 15 is 0 Å². The van der Waals surface area contributed by atoms with Gasteiger partial charge in [-0.3, -0.25) is 0 Å². The molecule has 3 aliphatic rings. The van der Waals surface area contributed by atoms with E-state index in [0.29, 0.717) is 0 Å². The summed E-state index contributed by atoms with van der Waals surface area (Å²) in [7, 11) is 0. The van der Waals surface area contributed by atoms with Crippen LogP contribution in [-0.4, -0.2) is 37.6 Å². The molecule has 6 heteroatoms. The van der Waals surface area contributed by atoms with Crippen LogP contribution >= 0.6 is 0 Å². The van der Waals surface area contributed by atoms with Crippen molar-refractivity contribution in [3.63, 3.8) is 0 Å². The Kier molecular flexibility index (Phi) is 5.94. The molecule has 0 spiro atoms. The van der Waals surface area contributed by atoms with Crippen LogP contribution in [0.2, 0.25) is 0 Å². The second kappa shape index (κ2) is 9.35. The van der Waals surface area contributed by atoms with Crippen molar-refractivity contribution in [3.05, 3.63) is 108 Å². The van der Waals surface area contributed by atoms with E-state index in [1.54, 1.807) is 0 Å². The lowest BCUT2D eigenvalue weighted by Crippen LogP contribution is -2.43. The lowest BCUT2D eigenvalue weighted by molar-refractivity contribution is -0.266. The summed E-state index contributed by atoms with van der Waals surface area (Å²) in [4.78, 5) is 0. The molecule has 0 aliphatic carbocycles. The second-order valence-electron chi connectivity index (χ2n) is 8.44. The molecule has 6 rings (SSSR count). The molecular formula is C27H26O6. The summed E-state index contributed by atoms with van der Waals surface area (Å²) in [5.41, 5.74) is 2.85. The van der Waals surface area contributed by atoms with Gasteiger partial charge < -0.3 is 28.4 Å². The van der Waals surface area contributed by atoms with Crippen molar-refractivity contribution in [3.8, 4) is 0 Å². The summed E-state index contributed by atoms with van der Waals surface area (Å²) >= 11 is 0. The van der Waals surface area contributed by atoms with Crippen molar-refractivity contribution in [1.29, 1.82) is 0 Å². The highest BCUT2D eigenvalue weighted by Crippen LogP contribution is 2.42. The van der Waals surface area contributed by atoms with Crippen molar-refractivity contribution >= 4 is 0 Å². The number of rotatable bonds is 3. The molecule has 0 aromatic heterocycles. The van der Waals surface area contributed by atoms with E-state index in [1.807, 2.05) is 91.0 Å². The maximum Gasteiger partial charge on any atom is 0.184 e. The quantitative estimate of drug-likeness (QED) is 0.582. The van der Waals surface area contributed by atoms with Gasteiger partial charge in [-0.1, -0.05) is 91.0 Å². The van der Waals surface area contributed by atoms with Gasteiger partial charge in [0, 0.05) is 16.7 Å². The summed E-state index contributed by atoms with van der Waals surface area (Å²) in [5, 5.41) is 0. The van der Waals surface area contributed by atoms with Gasteiger partial charge in [0.1, 0.15) is 24.4 Å². The fraction of sp³-hybridized carbons (Fsp3) is 0.333. The molecule has 6 nitrogen and oxygen atoms in total. The first-order valence-electron chi connectivity index (χ1n) is 11.3. The fourth-order valence-corrected chi connectivity index (χ4v) is 4.59. The number of benzene rings is 3. The minimum absolute atomic E-state index is 0.283. The smallest absolute Gasteiger partial charge is 0.184 e. The fourth-order valence-electron chi connectivity index (χ4n) is 4.59. The lowest BCUT2D eigenvalue weighted by atomic mass is 10.0. The van der Waals surface area contributed by atoms with Crippen LogP contribution in [0.1, 0.15) is 35.6 Å². The highest BCUT2D eigenvalue weighted by Gasteiger charge is 2.51. The first-order chi connectivity index (χ1) is 16.3. The molecule has 3 aliphatic heterocycles. The molecule has 3 aromatic rings. The Balaban J connectivity index is 1.31. The summed E-state index contributed by atoms with van der Waals surface area (Å²) in [6.07, 6.45) is -3.07. The average molecular weight is 446 g/mol. The van der Waals surface area contributed by atoms with Crippen LogP contribution in [0.5, 0.6) is 0 Å². The van der Waals surface area contributed by atoms with Gasteiger partial charge in [0.05, 0.1) is 13.2 Å². The third-order valence-corrected chi connectivity index (χ3v) is 6.25. The van der Waals surface area contributed by atoms with Gasteiger partial charge in [-0.15, -0.1) is 0 Å². The Morgan fingerprint density at radius 1 is 0.424 bits per heavy atom. The molecule has 33 heavy (non-hydrogen) atoms. The molecule has 170 valence electrons. The molecule has 0 N–H and O–H groups in total. The summed E-state index contributed by atoms with van der Waals surface area (Å²) in [5.74, 6) is 0. The van der Waals surface area contributed by atoms with E-state index in [9.17, 15) is 0 Å². The van der Waals surface area contributed by atoms with Gasteiger partial charge in [-0.2, -0.15) is 0 Å². The molecule has 3 heterocycles. The molecule has 3 unspecified atom stereocenters. The predicted octanol–water partition coefficient (Wildman–Crippen LogP) is 4.70. The number of ether oxygens (including phenoxy) is 6. The molecular weight excluding hydrogens is 420 g/mol. The number of hydrogen-bond acceptors (Lipinski definition) is 6. The lowest BCUT2D eigenvalue weighted by Gasteiger charge is -2.29. The summed E-state index contributed by atoms with van der Waals surface area (Å²) in [6, 6.07) is 29.7. The normalized spacial score (nSPS) is 34.0. The largest absolute Gasteiger partial charge is 0.346 e. The predicted molar refractivity (Wildman–Crippen MR) is 119 cm³/mol. The summed E-state index contributed by atoms with van der Waals surface area (Å²) in [6.45, 7) is 0.565. The zero-order valence-electron chi connectivity index (χ0n) is 18.1. The molecule has 0 radical (unpaired) electrons. The highest BCUT2D eigenvalue weighted by atomic mass is 16.8. The highest BCUT2D eigenvalue weighted by molar-refractivity contribution is 5.19. The Hall–Kier alpha value is -2.58. The first-order valence-corrected chi connectivity index (χ1v) is 11.3. The van der Waals surface area contributed by atoms with Crippen LogP contribution < -0.4 is 0 Å². The minimum atomic E-state index is -0.561. The first kappa shape index (κ1) is 21.0. The second-order valence-corrected chi connectivity index (χ2v) is 8.44. The van der Waals surface area contributed by atoms with Crippen molar-refractivity contribution in [1.82, 2.24) is 0 Å². The molecule has 0 saturated carbocycles. The van der Waals surface area contributed by atoms with E-state index in [1.165, 1.54) is 0 Å². The third-order valence-electron chi connectivity index (χ3n) is 6.25. The van der Waals surface area contributed by atoms with Crippen LogP contribution in [0, 0.1) is 0 Å². The van der Waals surface area contributed by atoms with Crippen LogP contribution in [0.3, 0.4) is 0 Å². The summed E-state index contributed by atoms with van der Waals surface area (Å²) < 4.78 is 38.3. The van der Waals surface area contributed by atoms with Gasteiger partial charge in [-0.05, 0) is 0 Å². The van der Waals surface area contributed by atoms with Crippen molar-refractivity contribution in [2.45, 2.75) is 43.3 Å². The van der Waals surface area contributed by atoms with E-state index in [-0.39, 0.29) is 25.4 Å². The van der Waals surface area contributed by atoms with E-state index in [2.05, 4.69) is 0 Å². The molecule has 0 amide bonds. The zero-order chi connectivity index (χ0) is 22.0. The molecule has 2 bridgehead atoms. The molecule has 3 saturated heterocycles. The Morgan fingerprint density at radius 3 is 1.21 bits per heavy atom. The minimum Gasteiger partial charge on any atom is -0.346 e. The van der Waals surface area contributed by atoms with Gasteiger partial charge in [0.25, 0.3) is 0 Å². The maximum atomic E-state index is 6.48. The van der Waals surface area contributed by atoms with Crippen molar-refractivity contribution < 1.29 is 28.4 Å². The maximum absolute atomic E-state index is 6.48. The third kappa shape index (κ3) is 4.34. The van der Waals surface area contributed by atoms with Crippen molar-refractivity contribution in [2.75, 3.05) is 13.2 Å². The van der Waals surface area contributed by atoms with Crippen LogP contribution in [0.15, 0.2) is 91.0 Å². The molecule has 3 fully saturated rings. The zero-order valence-corrected chi connectivity index (χ0v) is 18.1. The van der Waals surface area contributed by atoms with Crippen LogP contribution in [-0.2, 0) is 28.4 Å². The van der Waals surface area contributed by atoms with Crippen molar-refractivity contribution in [2.24, 2.45) is 0 Å². The van der Waals surface area contributed by atoms with Crippen LogP contribution in [0.25, 0.3) is 0 Å². The molecule has 7 atom stereocenters. The van der Waals surface area contributed by atoms with Gasteiger partial charge >= 0.3 is 0 Å². The Labute approximate surface area is 192 Å². The topological polar surface area (TPSA) is 55.4 Å². The Bertz CT molecular complexity index is 967. The standard InChI is InChI=1S/C27H26O6/c1-4-10-18(11-5-1)25-28-16-21-23-24(33-27(32-23)20-14-8-3-9-15-20)22(17-29-25)31-26(30-21)19-12-6-2-7-13-19/h1-15,21-27H,16-17H2/t21-,22+,23-,24-,25?,26?,27?/m1/s1. The monoisotopic (exact) mass is 446 g/mol. The van der Waals surface area contributed by atoms with Gasteiger partial charge in [0.2, 0.25) is 0 Å². The number of hydrogen-bond donors (Lipinski definition) is 0. The average Bonchev–Trinajstić information content (AvgIpc) is 3.29. The van der Waals surface area contributed by atoms with E-state index < -0.39 is 31.1 Å². The van der Waals surface area contributed by atoms with Gasteiger partial charge in [-0.25, -0.2) is 0 Å². The van der Waals surface area contributed by atoms with E-state index in [0.717, 1.165) is 16.7 Å². The van der Waals surface area contributed by atoms with Crippen LogP contribution in [0.4, 0.5) is 0 Å². The van der Waals surface area contributed by atoms with E-state index in [4.69, 9.17) is 28.4 Å².